The predicted octanol–water partition coefficient (Wildman–Crippen LogP) is 7.79. The summed E-state index contributed by atoms with van der Waals surface area (Å²) in [6, 6.07) is 0. The second-order valence-corrected chi connectivity index (χ2v) is 8.28. The van der Waals surface area contributed by atoms with Crippen LogP contribution in [0.3, 0.4) is 0 Å². The van der Waals surface area contributed by atoms with Crippen LogP contribution < -0.4 is 0 Å². The zero-order valence-electron chi connectivity index (χ0n) is 18.1. The van der Waals surface area contributed by atoms with Crippen LogP contribution in [0, 0.1) is 17.3 Å². The number of hydrogen-bond acceptors (Lipinski definition) is 1. The highest BCUT2D eigenvalue weighted by molar-refractivity contribution is 5.75. The lowest BCUT2D eigenvalue weighted by molar-refractivity contribution is -0.156. The molecule has 0 spiro atoms. The van der Waals surface area contributed by atoms with Crippen molar-refractivity contribution in [2.45, 2.75) is 105 Å². The monoisotopic (exact) mass is 364 g/mol. The highest BCUT2D eigenvalue weighted by atomic mass is 16.4. The van der Waals surface area contributed by atoms with Crippen LogP contribution in [0.5, 0.6) is 0 Å². The Kier molecular flexibility index (Phi) is 14.4. The Balaban J connectivity index is 3.86. The van der Waals surface area contributed by atoms with Crippen molar-refractivity contribution in [3.63, 3.8) is 0 Å². The smallest absolute Gasteiger partial charge is 0.310 e. The molecule has 0 rings (SSSR count). The Morgan fingerprint density at radius 1 is 0.808 bits per heavy atom. The van der Waals surface area contributed by atoms with Crippen LogP contribution in [0.15, 0.2) is 24.3 Å². The lowest BCUT2D eigenvalue weighted by Crippen LogP contribution is -2.41. The van der Waals surface area contributed by atoms with Gasteiger partial charge in [0.15, 0.2) is 0 Å². The molecule has 0 radical (unpaired) electrons. The highest BCUT2D eigenvalue weighted by Gasteiger charge is 2.43. The minimum atomic E-state index is -0.617. The van der Waals surface area contributed by atoms with Crippen molar-refractivity contribution < 1.29 is 9.90 Å². The van der Waals surface area contributed by atoms with Crippen LogP contribution >= 0.6 is 0 Å². The molecule has 152 valence electrons. The van der Waals surface area contributed by atoms with Crippen LogP contribution in [0.1, 0.15) is 105 Å². The Morgan fingerprint density at radius 2 is 1.31 bits per heavy atom. The first-order valence-electron chi connectivity index (χ1n) is 10.9. The van der Waals surface area contributed by atoms with Crippen molar-refractivity contribution in [3.05, 3.63) is 24.3 Å². The molecule has 0 aromatic heterocycles. The van der Waals surface area contributed by atoms with E-state index in [-0.39, 0.29) is 11.8 Å². The Labute approximate surface area is 163 Å². The largest absolute Gasteiger partial charge is 0.481 e. The summed E-state index contributed by atoms with van der Waals surface area (Å²) in [6.07, 6.45) is 21.9. The second kappa shape index (κ2) is 15.1. The number of carbonyl (C=O) groups is 1. The van der Waals surface area contributed by atoms with Gasteiger partial charge in [0.05, 0.1) is 5.41 Å². The highest BCUT2D eigenvalue weighted by Crippen LogP contribution is 2.41. The van der Waals surface area contributed by atoms with Gasteiger partial charge >= 0.3 is 5.97 Å². The minimum absolute atomic E-state index is 0.179. The van der Waals surface area contributed by atoms with Gasteiger partial charge in [0, 0.05) is 0 Å². The maximum Gasteiger partial charge on any atom is 0.310 e. The molecule has 0 atom stereocenters. The fourth-order valence-corrected chi connectivity index (χ4v) is 3.90. The molecule has 0 bridgehead atoms. The van der Waals surface area contributed by atoms with E-state index in [0.717, 1.165) is 32.1 Å². The Bertz CT molecular complexity index is 396. The van der Waals surface area contributed by atoms with Gasteiger partial charge in [-0.2, -0.15) is 0 Å². The molecule has 0 unspecified atom stereocenters. The van der Waals surface area contributed by atoms with Crippen molar-refractivity contribution in [1.29, 1.82) is 0 Å². The summed E-state index contributed by atoms with van der Waals surface area (Å²) in [5.41, 5.74) is -0.566. The first-order chi connectivity index (χ1) is 12.4. The van der Waals surface area contributed by atoms with Crippen LogP contribution in [0.4, 0.5) is 0 Å². The molecule has 0 aromatic carbocycles. The normalized spacial score (nSPS) is 12.9. The summed E-state index contributed by atoms with van der Waals surface area (Å²) < 4.78 is 0. The molecular weight excluding hydrogens is 320 g/mol. The standard InChI is InChI=1S/C24H44O2/c1-6-7-8-9-10-11-12-13-14-15-16-17-18-19-20-24(21(2)3,22(4)5)23(25)26/h10-11,13-14,21-22H,6-9,12,15-20H2,1-5H3,(H,25,26)/b11-10-,14-13-. The number of unbranched alkanes of at least 4 members (excludes halogenated alkanes) is 7. The van der Waals surface area contributed by atoms with E-state index in [9.17, 15) is 9.90 Å². The van der Waals surface area contributed by atoms with E-state index in [2.05, 4.69) is 58.9 Å². The zero-order valence-corrected chi connectivity index (χ0v) is 18.1. The third-order valence-corrected chi connectivity index (χ3v) is 5.75. The molecule has 0 aliphatic rings. The SMILES string of the molecule is CCCCC/C=C\C/C=C\CCCCCCC(C(=O)O)(C(C)C)C(C)C. The average Bonchev–Trinajstić information content (AvgIpc) is 2.57. The van der Waals surface area contributed by atoms with Gasteiger partial charge in [-0.25, -0.2) is 0 Å². The number of carboxylic acids is 1. The molecule has 0 aliphatic carbocycles. The van der Waals surface area contributed by atoms with Gasteiger partial charge in [0.1, 0.15) is 0 Å². The Morgan fingerprint density at radius 3 is 1.77 bits per heavy atom. The summed E-state index contributed by atoms with van der Waals surface area (Å²) in [6.45, 7) is 10.5. The summed E-state index contributed by atoms with van der Waals surface area (Å²) >= 11 is 0. The van der Waals surface area contributed by atoms with Gasteiger partial charge in [0.2, 0.25) is 0 Å². The molecule has 0 amide bonds. The van der Waals surface area contributed by atoms with E-state index in [1.807, 2.05) is 0 Å². The minimum Gasteiger partial charge on any atom is -0.481 e. The van der Waals surface area contributed by atoms with Crippen LogP contribution in [0.25, 0.3) is 0 Å². The molecule has 2 nitrogen and oxygen atoms in total. The van der Waals surface area contributed by atoms with Crippen molar-refractivity contribution in [2.75, 3.05) is 0 Å². The number of allylic oxidation sites excluding steroid dienone is 4. The first kappa shape index (κ1) is 24.9. The zero-order chi connectivity index (χ0) is 19.8. The maximum atomic E-state index is 11.9. The van der Waals surface area contributed by atoms with Crippen LogP contribution in [-0.4, -0.2) is 11.1 Å². The molecule has 0 fully saturated rings. The van der Waals surface area contributed by atoms with Crippen LogP contribution in [-0.2, 0) is 4.79 Å². The van der Waals surface area contributed by atoms with Gasteiger partial charge in [0.25, 0.3) is 0 Å². The molecule has 0 heterocycles. The number of aliphatic carboxylic acids is 1. The quantitative estimate of drug-likeness (QED) is 0.224. The third-order valence-electron chi connectivity index (χ3n) is 5.75. The summed E-state index contributed by atoms with van der Waals surface area (Å²) in [4.78, 5) is 11.9. The first-order valence-corrected chi connectivity index (χ1v) is 10.9. The van der Waals surface area contributed by atoms with Crippen molar-refractivity contribution >= 4 is 5.97 Å². The van der Waals surface area contributed by atoms with Crippen molar-refractivity contribution in [3.8, 4) is 0 Å². The van der Waals surface area contributed by atoms with Gasteiger partial charge in [-0.15, -0.1) is 0 Å². The molecule has 1 N–H and O–H groups in total. The van der Waals surface area contributed by atoms with Crippen molar-refractivity contribution in [2.24, 2.45) is 17.3 Å². The maximum absolute atomic E-state index is 11.9. The lowest BCUT2D eigenvalue weighted by Gasteiger charge is -2.37. The van der Waals surface area contributed by atoms with E-state index in [1.54, 1.807) is 0 Å². The second-order valence-electron chi connectivity index (χ2n) is 8.28. The molecule has 2 heteroatoms. The van der Waals surface area contributed by atoms with Gasteiger partial charge < -0.3 is 5.11 Å². The summed E-state index contributed by atoms with van der Waals surface area (Å²) in [5, 5.41) is 9.75. The van der Waals surface area contributed by atoms with Gasteiger partial charge in [-0.1, -0.05) is 91.0 Å². The Hall–Kier alpha value is -1.05. The molecule has 0 aliphatic heterocycles. The average molecular weight is 365 g/mol. The number of hydrogen-bond donors (Lipinski definition) is 1. The summed E-state index contributed by atoms with van der Waals surface area (Å²) in [5.74, 6) is -0.260. The third kappa shape index (κ3) is 9.59. The van der Waals surface area contributed by atoms with Gasteiger partial charge in [-0.3, -0.25) is 4.79 Å². The van der Waals surface area contributed by atoms with Crippen molar-refractivity contribution in [1.82, 2.24) is 0 Å². The van der Waals surface area contributed by atoms with E-state index >= 15 is 0 Å². The lowest BCUT2D eigenvalue weighted by atomic mass is 9.66. The van der Waals surface area contributed by atoms with E-state index in [0.29, 0.717) is 0 Å². The number of carboxylic acid groups (broad SMARTS) is 1. The topological polar surface area (TPSA) is 37.3 Å². The van der Waals surface area contributed by atoms with Crippen LogP contribution in [0.2, 0.25) is 0 Å². The molecule has 0 saturated carbocycles. The molecule has 26 heavy (non-hydrogen) atoms. The summed E-state index contributed by atoms with van der Waals surface area (Å²) in [7, 11) is 0. The van der Waals surface area contributed by atoms with Gasteiger partial charge in [-0.05, 0) is 50.4 Å². The van der Waals surface area contributed by atoms with E-state index in [1.165, 1.54) is 38.5 Å². The molecule has 0 saturated heterocycles. The fourth-order valence-electron chi connectivity index (χ4n) is 3.90. The molecular formula is C24H44O2. The predicted molar refractivity (Wildman–Crippen MR) is 114 cm³/mol. The van der Waals surface area contributed by atoms with E-state index < -0.39 is 11.4 Å². The fraction of sp³-hybridized carbons (Fsp3) is 0.792. The number of rotatable bonds is 16. The van der Waals surface area contributed by atoms with E-state index in [4.69, 9.17) is 0 Å². The molecule has 0 aromatic rings.